The van der Waals surface area contributed by atoms with E-state index in [1.54, 1.807) is 21.3 Å². The Labute approximate surface area is 150 Å². The van der Waals surface area contributed by atoms with Crippen molar-refractivity contribution in [2.75, 3.05) is 34.4 Å². The summed E-state index contributed by atoms with van der Waals surface area (Å²) in [5.41, 5.74) is 0.912. The maximum Gasteiger partial charge on any atom is 0.317 e. The zero-order chi connectivity index (χ0) is 18.2. The van der Waals surface area contributed by atoms with Gasteiger partial charge < -0.3 is 24.4 Å². The number of carbonyl (C=O) groups is 1. The summed E-state index contributed by atoms with van der Waals surface area (Å²) in [6, 6.07) is 3.58. The molecular formula is C19H30N2O4. The van der Waals surface area contributed by atoms with E-state index in [1.165, 1.54) is 19.3 Å². The van der Waals surface area contributed by atoms with E-state index >= 15 is 0 Å². The van der Waals surface area contributed by atoms with Gasteiger partial charge in [-0.05, 0) is 37.5 Å². The van der Waals surface area contributed by atoms with Gasteiger partial charge in [0.25, 0.3) is 0 Å². The summed E-state index contributed by atoms with van der Waals surface area (Å²) in [6.07, 6.45) is 5.83. The fraction of sp³-hybridized carbons (Fsp3) is 0.632. The van der Waals surface area contributed by atoms with Crippen molar-refractivity contribution in [3.63, 3.8) is 0 Å². The summed E-state index contributed by atoms with van der Waals surface area (Å²) < 4.78 is 16.1. The van der Waals surface area contributed by atoms with Gasteiger partial charge in [0.2, 0.25) is 5.75 Å². The summed E-state index contributed by atoms with van der Waals surface area (Å²) in [4.78, 5) is 14.5. The van der Waals surface area contributed by atoms with Crippen LogP contribution in [-0.4, -0.2) is 45.3 Å². The van der Waals surface area contributed by atoms with Crippen LogP contribution in [0, 0.1) is 0 Å². The lowest BCUT2D eigenvalue weighted by Gasteiger charge is -2.27. The second-order valence-corrected chi connectivity index (χ2v) is 6.38. The predicted molar refractivity (Wildman–Crippen MR) is 97.7 cm³/mol. The van der Waals surface area contributed by atoms with Gasteiger partial charge in [0.15, 0.2) is 11.5 Å². The van der Waals surface area contributed by atoms with Crippen molar-refractivity contribution in [3.8, 4) is 17.2 Å². The largest absolute Gasteiger partial charge is 0.493 e. The van der Waals surface area contributed by atoms with Crippen LogP contribution in [0.15, 0.2) is 12.1 Å². The monoisotopic (exact) mass is 350 g/mol. The minimum atomic E-state index is -0.161. The van der Waals surface area contributed by atoms with E-state index in [2.05, 4.69) is 5.32 Å². The molecule has 140 valence electrons. The van der Waals surface area contributed by atoms with Crippen molar-refractivity contribution in [1.29, 1.82) is 0 Å². The van der Waals surface area contributed by atoms with Crippen molar-refractivity contribution in [2.45, 2.75) is 45.1 Å². The van der Waals surface area contributed by atoms with Gasteiger partial charge in [-0.1, -0.05) is 19.3 Å². The van der Waals surface area contributed by atoms with E-state index < -0.39 is 0 Å². The molecule has 1 aliphatic heterocycles. The highest BCUT2D eigenvalue weighted by molar-refractivity contribution is 5.74. The SMILES string of the molecule is COc1cc([C@@H](C)NC(=O)N2CCCCCCC2)cc(OC)c1OC. The van der Waals surface area contributed by atoms with Gasteiger partial charge in [-0.2, -0.15) is 0 Å². The van der Waals surface area contributed by atoms with Gasteiger partial charge in [0, 0.05) is 13.1 Å². The van der Waals surface area contributed by atoms with Gasteiger partial charge in [-0.25, -0.2) is 4.79 Å². The fourth-order valence-electron chi connectivity index (χ4n) is 3.16. The van der Waals surface area contributed by atoms with E-state index in [1.807, 2.05) is 24.0 Å². The minimum absolute atomic E-state index is 0.0110. The second kappa shape index (κ2) is 9.39. The Kier molecular flexibility index (Phi) is 7.22. The number of hydrogen-bond acceptors (Lipinski definition) is 4. The van der Waals surface area contributed by atoms with Crippen LogP contribution in [-0.2, 0) is 0 Å². The first kappa shape index (κ1) is 19.2. The number of amides is 2. The summed E-state index contributed by atoms with van der Waals surface area (Å²) in [5, 5.41) is 3.09. The van der Waals surface area contributed by atoms with Crippen LogP contribution < -0.4 is 19.5 Å². The number of carbonyl (C=O) groups excluding carboxylic acids is 1. The Morgan fingerprint density at radius 2 is 1.48 bits per heavy atom. The molecule has 1 heterocycles. The molecule has 1 atom stereocenters. The highest BCUT2D eigenvalue weighted by Gasteiger charge is 2.20. The molecule has 0 bridgehead atoms. The zero-order valence-corrected chi connectivity index (χ0v) is 15.8. The lowest BCUT2D eigenvalue weighted by molar-refractivity contribution is 0.189. The van der Waals surface area contributed by atoms with Gasteiger partial charge in [-0.15, -0.1) is 0 Å². The van der Waals surface area contributed by atoms with Crippen LogP contribution in [0.3, 0.4) is 0 Å². The van der Waals surface area contributed by atoms with Crippen LogP contribution in [0.25, 0.3) is 0 Å². The molecule has 0 saturated carbocycles. The maximum absolute atomic E-state index is 12.6. The van der Waals surface area contributed by atoms with Crippen LogP contribution in [0.1, 0.15) is 50.6 Å². The lowest BCUT2D eigenvalue weighted by atomic mass is 10.1. The number of methoxy groups -OCH3 is 3. The van der Waals surface area contributed by atoms with E-state index in [-0.39, 0.29) is 12.1 Å². The Morgan fingerprint density at radius 3 is 1.96 bits per heavy atom. The van der Waals surface area contributed by atoms with Crippen LogP contribution in [0.2, 0.25) is 0 Å². The molecule has 0 unspecified atom stereocenters. The molecule has 0 aromatic heterocycles. The normalized spacial score (nSPS) is 16.4. The molecule has 1 aromatic carbocycles. The van der Waals surface area contributed by atoms with Crippen LogP contribution in [0.4, 0.5) is 4.79 Å². The fourth-order valence-corrected chi connectivity index (χ4v) is 3.16. The van der Waals surface area contributed by atoms with Gasteiger partial charge in [-0.3, -0.25) is 0 Å². The number of likely N-dealkylation sites (tertiary alicyclic amines) is 1. The van der Waals surface area contributed by atoms with E-state index in [4.69, 9.17) is 14.2 Å². The second-order valence-electron chi connectivity index (χ2n) is 6.38. The first-order chi connectivity index (χ1) is 12.1. The first-order valence-corrected chi connectivity index (χ1v) is 8.96. The summed E-state index contributed by atoms with van der Waals surface area (Å²) in [5.74, 6) is 1.73. The van der Waals surface area contributed by atoms with Crippen LogP contribution >= 0.6 is 0 Å². The number of nitrogens with zero attached hydrogens (tertiary/aromatic N) is 1. The van der Waals surface area contributed by atoms with Crippen molar-refractivity contribution in [1.82, 2.24) is 10.2 Å². The Morgan fingerprint density at radius 1 is 0.960 bits per heavy atom. The number of hydrogen-bond donors (Lipinski definition) is 1. The first-order valence-electron chi connectivity index (χ1n) is 8.96. The average Bonchev–Trinajstić information content (AvgIpc) is 2.59. The third-order valence-electron chi connectivity index (χ3n) is 4.67. The molecule has 2 amide bonds. The number of nitrogens with one attached hydrogen (secondary N) is 1. The van der Waals surface area contributed by atoms with Gasteiger partial charge >= 0.3 is 6.03 Å². The number of urea groups is 1. The molecule has 1 aromatic rings. The Bertz CT molecular complexity index is 544. The van der Waals surface area contributed by atoms with E-state index in [0.29, 0.717) is 17.2 Å². The quantitative estimate of drug-likeness (QED) is 0.879. The van der Waals surface area contributed by atoms with Crippen molar-refractivity contribution < 1.29 is 19.0 Å². The van der Waals surface area contributed by atoms with E-state index in [0.717, 1.165) is 31.5 Å². The summed E-state index contributed by atoms with van der Waals surface area (Å²) >= 11 is 0. The highest BCUT2D eigenvalue weighted by atomic mass is 16.5. The van der Waals surface area contributed by atoms with Gasteiger partial charge in [0.05, 0.1) is 27.4 Å². The van der Waals surface area contributed by atoms with Crippen molar-refractivity contribution in [2.24, 2.45) is 0 Å². The van der Waals surface area contributed by atoms with Crippen molar-refractivity contribution in [3.05, 3.63) is 17.7 Å². The predicted octanol–water partition coefficient (Wildman–Crippen LogP) is 3.75. The molecule has 1 aliphatic rings. The molecule has 1 N–H and O–H groups in total. The smallest absolute Gasteiger partial charge is 0.317 e. The molecule has 25 heavy (non-hydrogen) atoms. The molecule has 6 heteroatoms. The number of benzene rings is 1. The topological polar surface area (TPSA) is 60.0 Å². The standard InChI is InChI=1S/C19H30N2O4/c1-14(20-19(22)21-10-8-6-5-7-9-11-21)15-12-16(23-2)18(25-4)17(13-15)24-3/h12-14H,5-11H2,1-4H3,(H,20,22)/t14-/m1/s1. The summed E-state index contributed by atoms with van der Waals surface area (Å²) in [7, 11) is 4.75. The molecule has 0 aliphatic carbocycles. The number of ether oxygens (including phenoxy) is 3. The molecule has 1 fully saturated rings. The Balaban J connectivity index is 2.11. The summed E-state index contributed by atoms with van der Waals surface area (Å²) in [6.45, 7) is 3.62. The molecular weight excluding hydrogens is 320 g/mol. The minimum Gasteiger partial charge on any atom is -0.493 e. The van der Waals surface area contributed by atoms with Crippen LogP contribution in [0.5, 0.6) is 17.2 Å². The third-order valence-corrected chi connectivity index (χ3v) is 4.67. The highest BCUT2D eigenvalue weighted by Crippen LogP contribution is 2.39. The molecule has 0 radical (unpaired) electrons. The molecule has 0 spiro atoms. The maximum atomic E-state index is 12.6. The van der Waals surface area contributed by atoms with Gasteiger partial charge in [0.1, 0.15) is 0 Å². The third kappa shape index (κ3) is 4.94. The number of rotatable bonds is 5. The lowest BCUT2D eigenvalue weighted by Crippen LogP contribution is -2.42. The van der Waals surface area contributed by atoms with Crippen molar-refractivity contribution >= 4 is 6.03 Å². The zero-order valence-electron chi connectivity index (χ0n) is 15.8. The van der Waals surface area contributed by atoms with E-state index in [9.17, 15) is 4.79 Å². The molecule has 2 rings (SSSR count). The average molecular weight is 350 g/mol. The Hall–Kier alpha value is -2.11. The molecule has 1 saturated heterocycles. The molecule has 6 nitrogen and oxygen atoms in total.